The molecule has 0 spiro atoms. The number of esters is 2. The fourth-order valence-corrected chi connectivity index (χ4v) is 1.76. The lowest BCUT2D eigenvalue weighted by molar-refractivity contribution is -0.156. The van der Waals surface area contributed by atoms with Crippen molar-refractivity contribution >= 4 is 27.9 Å². The SMILES string of the molecule is CC.CCOC(=O)C(C(=O)OCC)c1ccc(Br)c(F)c1. The van der Waals surface area contributed by atoms with Crippen molar-refractivity contribution in [3.05, 3.63) is 34.1 Å². The van der Waals surface area contributed by atoms with Gasteiger partial charge in [0.05, 0.1) is 17.7 Å². The lowest BCUT2D eigenvalue weighted by Crippen LogP contribution is -2.26. The van der Waals surface area contributed by atoms with Crippen molar-refractivity contribution in [1.82, 2.24) is 0 Å². The van der Waals surface area contributed by atoms with Crippen LogP contribution in [0.2, 0.25) is 0 Å². The van der Waals surface area contributed by atoms with Crippen LogP contribution in [0.3, 0.4) is 0 Å². The molecular formula is C15H20BrFO4. The molecule has 0 aliphatic carbocycles. The maximum absolute atomic E-state index is 13.5. The Morgan fingerprint density at radius 2 is 1.62 bits per heavy atom. The van der Waals surface area contributed by atoms with Crippen LogP contribution in [0.5, 0.6) is 0 Å². The average molecular weight is 363 g/mol. The first-order chi connectivity index (χ1) is 10.0. The van der Waals surface area contributed by atoms with Crippen LogP contribution in [0.4, 0.5) is 4.39 Å². The zero-order valence-electron chi connectivity index (χ0n) is 12.6. The van der Waals surface area contributed by atoms with Crippen molar-refractivity contribution in [2.75, 3.05) is 13.2 Å². The van der Waals surface area contributed by atoms with Gasteiger partial charge in [-0.3, -0.25) is 9.59 Å². The van der Waals surface area contributed by atoms with Gasteiger partial charge in [-0.25, -0.2) is 4.39 Å². The molecule has 1 aromatic rings. The van der Waals surface area contributed by atoms with Crippen molar-refractivity contribution < 1.29 is 23.5 Å². The smallest absolute Gasteiger partial charge is 0.324 e. The summed E-state index contributed by atoms with van der Waals surface area (Å²) >= 11 is 3.01. The molecule has 6 heteroatoms. The third-order valence-electron chi connectivity index (χ3n) is 2.32. The summed E-state index contributed by atoms with van der Waals surface area (Å²) < 4.78 is 23.4. The van der Waals surface area contributed by atoms with E-state index in [0.29, 0.717) is 0 Å². The van der Waals surface area contributed by atoms with E-state index in [-0.39, 0.29) is 23.2 Å². The summed E-state index contributed by atoms with van der Waals surface area (Å²) in [4.78, 5) is 23.6. The summed E-state index contributed by atoms with van der Waals surface area (Å²) in [5, 5.41) is 0. The molecule has 0 aromatic heterocycles. The summed E-state index contributed by atoms with van der Waals surface area (Å²) in [6.07, 6.45) is 0. The van der Waals surface area contributed by atoms with Gasteiger partial charge >= 0.3 is 11.9 Å². The van der Waals surface area contributed by atoms with E-state index in [1.807, 2.05) is 13.8 Å². The van der Waals surface area contributed by atoms with Gasteiger partial charge < -0.3 is 9.47 Å². The van der Waals surface area contributed by atoms with E-state index in [9.17, 15) is 14.0 Å². The Hall–Kier alpha value is -1.43. The van der Waals surface area contributed by atoms with Gasteiger partial charge in [0, 0.05) is 0 Å². The first kappa shape index (κ1) is 19.6. The van der Waals surface area contributed by atoms with E-state index < -0.39 is 23.7 Å². The summed E-state index contributed by atoms with van der Waals surface area (Å²) in [5.74, 6) is -3.32. The molecule has 0 unspecified atom stereocenters. The van der Waals surface area contributed by atoms with E-state index in [4.69, 9.17) is 9.47 Å². The van der Waals surface area contributed by atoms with Crippen molar-refractivity contribution in [3.8, 4) is 0 Å². The number of hydrogen-bond donors (Lipinski definition) is 0. The molecule has 4 nitrogen and oxygen atoms in total. The maximum Gasteiger partial charge on any atom is 0.324 e. The fourth-order valence-electron chi connectivity index (χ4n) is 1.51. The van der Waals surface area contributed by atoms with Crippen LogP contribution in [0, 0.1) is 5.82 Å². The second kappa shape index (κ2) is 10.3. The first-order valence-corrected chi connectivity index (χ1v) is 7.58. The minimum Gasteiger partial charge on any atom is -0.465 e. The molecule has 0 aliphatic rings. The van der Waals surface area contributed by atoms with Gasteiger partial charge in [-0.2, -0.15) is 0 Å². The molecule has 1 rings (SSSR count). The van der Waals surface area contributed by atoms with Crippen LogP contribution in [0.25, 0.3) is 0 Å². The maximum atomic E-state index is 13.5. The van der Waals surface area contributed by atoms with Crippen LogP contribution in [0.1, 0.15) is 39.2 Å². The van der Waals surface area contributed by atoms with Crippen LogP contribution < -0.4 is 0 Å². The highest BCUT2D eigenvalue weighted by molar-refractivity contribution is 9.10. The van der Waals surface area contributed by atoms with Gasteiger partial charge in [-0.15, -0.1) is 0 Å². The largest absolute Gasteiger partial charge is 0.465 e. The summed E-state index contributed by atoms with van der Waals surface area (Å²) in [7, 11) is 0. The normalized spacial score (nSPS) is 9.67. The Labute approximate surface area is 132 Å². The number of carbonyl (C=O) groups excluding carboxylic acids is 2. The number of benzene rings is 1. The third kappa shape index (κ3) is 5.83. The van der Waals surface area contributed by atoms with E-state index >= 15 is 0 Å². The summed E-state index contributed by atoms with van der Waals surface area (Å²) in [6, 6.07) is 4.02. The molecule has 0 atom stereocenters. The highest BCUT2D eigenvalue weighted by Gasteiger charge is 2.31. The van der Waals surface area contributed by atoms with Crippen LogP contribution in [0.15, 0.2) is 22.7 Å². The molecule has 0 amide bonds. The average Bonchev–Trinajstić information content (AvgIpc) is 2.46. The van der Waals surface area contributed by atoms with Crippen LogP contribution >= 0.6 is 15.9 Å². The fraction of sp³-hybridized carbons (Fsp3) is 0.467. The van der Waals surface area contributed by atoms with Gasteiger partial charge in [-0.05, 0) is 47.5 Å². The molecule has 0 N–H and O–H groups in total. The Morgan fingerprint density at radius 3 is 2.00 bits per heavy atom. The molecule has 21 heavy (non-hydrogen) atoms. The molecule has 0 bridgehead atoms. The van der Waals surface area contributed by atoms with E-state index in [1.54, 1.807) is 13.8 Å². The Bertz CT molecular complexity index is 459. The number of rotatable bonds is 5. The van der Waals surface area contributed by atoms with E-state index in [1.165, 1.54) is 12.1 Å². The molecule has 0 saturated heterocycles. The van der Waals surface area contributed by atoms with Crippen molar-refractivity contribution in [1.29, 1.82) is 0 Å². The van der Waals surface area contributed by atoms with Gasteiger partial charge in [0.15, 0.2) is 5.92 Å². The Kier molecular flexibility index (Phi) is 9.62. The monoisotopic (exact) mass is 362 g/mol. The topological polar surface area (TPSA) is 52.6 Å². The zero-order chi connectivity index (χ0) is 16.4. The highest BCUT2D eigenvalue weighted by Crippen LogP contribution is 2.24. The molecule has 0 saturated carbocycles. The minimum atomic E-state index is -1.26. The number of carbonyl (C=O) groups is 2. The predicted octanol–water partition coefficient (Wildman–Crippen LogP) is 3.82. The molecule has 0 fully saturated rings. The lowest BCUT2D eigenvalue weighted by Gasteiger charge is -2.14. The molecular weight excluding hydrogens is 343 g/mol. The van der Waals surface area contributed by atoms with Crippen molar-refractivity contribution in [3.63, 3.8) is 0 Å². The summed E-state index contributed by atoms with van der Waals surface area (Å²) in [5.41, 5.74) is 0.206. The molecule has 118 valence electrons. The molecule has 1 aromatic carbocycles. The standard InChI is InChI=1S/C13H14BrFO4.C2H6/c1-3-18-12(16)11(13(17)19-4-2)8-5-6-9(14)10(15)7-8;1-2/h5-7,11H,3-4H2,1-2H3;1-2H3. The number of hydrogen-bond acceptors (Lipinski definition) is 4. The number of halogens is 2. The van der Waals surface area contributed by atoms with Crippen molar-refractivity contribution in [2.24, 2.45) is 0 Å². The number of ether oxygens (including phenoxy) is 2. The lowest BCUT2D eigenvalue weighted by atomic mass is 9.99. The Morgan fingerprint density at radius 1 is 1.14 bits per heavy atom. The molecule has 0 heterocycles. The second-order valence-electron chi connectivity index (χ2n) is 3.61. The van der Waals surface area contributed by atoms with Gasteiger partial charge in [0.25, 0.3) is 0 Å². The highest BCUT2D eigenvalue weighted by atomic mass is 79.9. The first-order valence-electron chi connectivity index (χ1n) is 6.79. The van der Waals surface area contributed by atoms with Crippen molar-refractivity contribution in [2.45, 2.75) is 33.6 Å². The quantitative estimate of drug-likeness (QED) is 0.590. The van der Waals surface area contributed by atoms with Crippen LogP contribution in [-0.2, 0) is 19.1 Å². The zero-order valence-corrected chi connectivity index (χ0v) is 14.2. The van der Waals surface area contributed by atoms with Crippen LogP contribution in [-0.4, -0.2) is 25.2 Å². The van der Waals surface area contributed by atoms with E-state index in [0.717, 1.165) is 6.07 Å². The minimum absolute atomic E-state index is 0.133. The van der Waals surface area contributed by atoms with E-state index in [2.05, 4.69) is 15.9 Å². The Balaban J connectivity index is 0.00000191. The van der Waals surface area contributed by atoms with Gasteiger partial charge in [-0.1, -0.05) is 19.9 Å². The van der Waals surface area contributed by atoms with Gasteiger partial charge in [0.2, 0.25) is 0 Å². The summed E-state index contributed by atoms with van der Waals surface area (Å²) in [6.45, 7) is 7.52. The van der Waals surface area contributed by atoms with Gasteiger partial charge in [0.1, 0.15) is 5.82 Å². The molecule has 0 radical (unpaired) electrons. The molecule has 0 aliphatic heterocycles. The third-order valence-corrected chi connectivity index (χ3v) is 2.96. The second-order valence-corrected chi connectivity index (χ2v) is 4.46. The predicted molar refractivity (Wildman–Crippen MR) is 81.5 cm³/mol.